The third-order valence-corrected chi connectivity index (χ3v) is 6.56. The molecule has 1 heterocycles. The smallest absolute Gasteiger partial charge is 0.244 e. The fraction of sp³-hybridized carbons (Fsp3) is 0.400. The van der Waals surface area contributed by atoms with Gasteiger partial charge in [-0.25, -0.2) is 21.9 Å². The van der Waals surface area contributed by atoms with Crippen LogP contribution in [-0.2, 0) is 10.0 Å². The van der Waals surface area contributed by atoms with Crippen LogP contribution in [0, 0.1) is 11.6 Å². The molecule has 1 aliphatic rings. The first-order valence-corrected chi connectivity index (χ1v) is 10.8. The fourth-order valence-electron chi connectivity index (χ4n) is 3.40. The number of nitrogens with one attached hydrogen (secondary N) is 1. The van der Waals surface area contributed by atoms with E-state index in [0.29, 0.717) is 0 Å². The molecule has 0 amide bonds. The zero-order valence-electron chi connectivity index (χ0n) is 16.4. The highest BCUT2D eigenvalue weighted by Gasteiger charge is 2.27. The van der Waals surface area contributed by atoms with Gasteiger partial charge in [0.2, 0.25) is 10.0 Å². The number of sulfonamides is 1. The number of benzene rings is 2. The lowest BCUT2D eigenvalue weighted by Crippen LogP contribution is -2.48. The summed E-state index contributed by atoms with van der Waals surface area (Å²) in [5.74, 6) is -0.951. The maximum Gasteiger partial charge on any atom is 0.244 e. The molecule has 0 radical (unpaired) electrons. The van der Waals surface area contributed by atoms with Gasteiger partial charge in [-0.05, 0) is 42.9 Å². The number of rotatable bonds is 7. The Kier molecular flexibility index (Phi) is 6.84. The van der Waals surface area contributed by atoms with E-state index < -0.39 is 15.8 Å². The van der Waals surface area contributed by atoms with Gasteiger partial charge in [0, 0.05) is 38.8 Å². The number of piperazine rings is 1. The van der Waals surface area contributed by atoms with Gasteiger partial charge in [0.25, 0.3) is 0 Å². The van der Waals surface area contributed by atoms with Crippen molar-refractivity contribution in [3.8, 4) is 5.75 Å². The highest BCUT2D eigenvalue weighted by molar-refractivity contribution is 7.89. The molecule has 29 heavy (non-hydrogen) atoms. The Morgan fingerprint density at radius 1 is 1.03 bits per heavy atom. The third kappa shape index (κ3) is 5.30. The van der Waals surface area contributed by atoms with Crippen molar-refractivity contribution in [1.82, 2.24) is 14.5 Å². The Morgan fingerprint density at radius 3 is 2.28 bits per heavy atom. The van der Waals surface area contributed by atoms with Crippen molar-refractivity contribution in [2.45, 2.75) is 10.9 Å². The maximum absolute atomic E-state index is 13.6. The molecule has 0 bridgehead atoms. The van der Waals surface area contributed by atoms with E-state index in [-0.39, 0.29) is 29.0 Å². The maximum atomic E-state index is 13.6. The van der Waals surface area contributed by atoms with Crippen LogP contribution in [0.1, 0.15) is 11.6 Å². The Hall–Kier alpha value is -2.07. The van der Waals surface area contributed by atoms with Crippen molar-refractivity contribution in [3.05, 3.63) is 59.7 Å². The molecule has 0 saturated carbocycles. The van der Waals surface area contributed by atoms with Crippen molar-refractivity contribution in [2.24, 2.45) is 0 Å². The number of ether oxygens (including phenoxy) is 1. The molecule has 1 saturated heterocycles. The topological polar surface area (TPSA) is 61.9 Å². The van der Waals surface area contributed by atoms with Crippen LogP contribution in [0.25, 0.3) is 0 Å². The molecule has 0 aromatic heterocycles. The molecule has 1 unspecified atom stereocenters. The molecule has 3 rings (SSSR count). The quantitative estimate of drug-likeness (QED) is 0.737. The molecule has 158 valence electrons. The molecule has 0 aliphatic carbocycles. The van der Waals surface area contributed by atoms with Crippen LogP contribution >= 0.6 is 0 Å². The molecule has 1 aliphatic heterocycles. The molecule has 0 spiro atoms. The van der Waals surface area contributed by atoms with E-state index in [2.05, 4.69) is 14.5 Å². The van der Waals surface area contributed by atoms with Crippen molar-refractivity contribution in [1.29, 1.82) is 0 Å². The second-order valence-corrected chi connectivity index (χ2v) is 8.79. The van der Waals surface area contributed by atoms with Crippen LogP contribution in [0.4, 0.5) is 8.78 Å². The molecule has 2 aromatic carbocycles. The highest BCUT2D eigenvalue weighted by Crippen LogP contribution is 2.26. The third-order valence-electron chi connectivity index (χ3n) is 5.12. The van der Waals surface area contributed by atoms with Gasteiger partial charge in [-0.3, -0.25) is 4.90 Å². The second kappa shape index (κ2) is 9.17. The van der Waals surface area contributed by atoms with Gasteiger partial charge in [0.05, 0.1) is 7.11 Å². The van der Waals surface area contributed by atoms with Gasteiger partial charge >= 0.3 is 0 Å². The van der Waals surface area contributed by atoms with E-state index in [9.17, 15) is 17.2 Å². The highest BCUT2D eigenvalue weighted by atomic mass is 32.2. The molecule has 1 fully saturated rings. The summed E-state index contributed by atoms with van der Waals surface area (Å²) in [6.45, 7) is 3.27. The lowest BCUT2D eigenvalue weighted by atomic mass is 10.0. The van der Waals surface area contributed by atoms with E-state index in [1.54, 1.807) is 12.1 Å². The number of likely N-dealkylation sites (N-methyl/N-ethyl adjacent to an activating group) is 1. The van der Waals surface area contributed by atoms with Gasteiger partial charge in [-0.1, -0.05) is 12.1 Å². The Labute approximate surface area is 170 Å². The fourth-order valence-corrected chi connectivity index (χ4v) is 4.62. The van der Waals surface area contributed by atoms with Crippen molar-refractivity contribution in [3.63, 3.8) is 0 Å². The number of hydrogen-bond donors (Lipinski definition) is 1. The largest absolute Gasteiger partial charge is 0.495 e. The second-order valence-electron chi connectivity index (χ2n) is 7.05. The normalized spacial score (nSPS) is 17.2. The molecular weight excluding hydrogens is 400 g/mol. The molecule has 2 aromatic rings. The van der Waals surface area contributed by atoms with Crippen LogP contribution in [0.15, 0.2) is 47.4 Å². The first-order chi connectivity index (χ1) is 13.8. The summed E-state index contributed by atoms with van der Waals surface area (Å²) < 4.78 is 60.4. The van der Waals surface area contributed by atoms with Gasteiger partial charge in [0.15, 0.2) is 0 Å². The van der Waals surface area contributed by atoms with Crippen molar-refractivity contribution >= 4 is 10.0 Å². The zero-order valence-corrected chi connectivity index (χ0v) is 17.3. The summed E-state index contributed by atoms with van der Waals surface area (Å²) in [6, 6.07) is 9.13. The average Bonchev–Trinajstić information content (AvgIpc) is 2.70. The predicted molar refractivity (Wildman–Crippen MR) is 106 cm³/mol. The standard InChI is InChI=1S/C20H25F2N3O3S/c1-24-9-11-25(12-10-24)18(15-3-5-16(21)6-4-15)14-23-29(26,27)20-13-17(22)7-8-19(20)28-2/h3-8,13,18,23H,9-12,14H2,1-2H3. The first kappa shape index (κ1) is 21.6. The van der Waals surface area contributed by atoms with Crippen molar-refractivity contribution < 1.29 is 21.9 Å². The summed E-state index contributed by atoms with van der Waals surface area (Å²) in [5, 5.41) is 0. The molecule has 9 heteroatoms. The van der Waals surface area contributed by atoms with E-state index in [4.69, 9.17) is 4.74 Å². The first-order valence-electron chi connectivity index (χ1n) is 9.31. The minimum absolute atomic E-state index is 0.0665. The Bertz CT molecular complexity index is 930. The summed E-state index contributed by atoms with van der Waals surface area (Å²) in [5.41, 5.74) is 0.810. The lowest BCUT2D eigenvalue weighted by Gasteiger charge is -2.38. The molecular formula is C20H25F2N3O3S. The van der Waals surface area contributed by atoms with Gasteiger partial charge < -0.3 is 9.64 Å². The van der Waals surface area contributed by atoms with Crippen LogP contribution in [0.3, 0.4) is 0 Å². The summed E-state index contributed by atoms with van der Waals surface area (Å²) >= 11 is 0. The lowest BCUT2D eigenvalue weighted by molar-refractivity contribution is 0.113. The minimum atomic E-state index is -4.01. The zero-order chi connectivity index (χ0) is 21.0. The Balaban J connectivity index is 1.84. The molecule has 6 nitrogen and oxygen atoms in total. The van der Waals surface area contributed by atoms with Gasteiger partial charge in [-0.15, -0.1) is 0 Å². The van der Waals surface area contributed by atoms with E-state index in [1.807, 2.05) is 7.05 Å². The Morgan fingerprint density at radius 2 is 1.66 bits per heavy atom. The van der Waals surface area contributed by atoms with Crippen LogP contribution in [-0.4, -0.2) is 65.1 Å². The van der Waals surface area contributed by atoms with Crippen LogP contribution < -0.4 is 9.46 Å². The average molecular weight is 426 g/mol. The monoisotopic (exact) mass is 425 g/mol. The molecule has 1 atom stereocenters. The van der Waals surface area contributed by atoms with Crippen molar-refractivity contribution in [2.75, 3.05) is 46.9 Å². The van der Waals surface area contributed by atoms with E-state index in [1.165, 1.54) is 25.3 Å². The number of methoxy groups -OCH3 is 1. The minimum Gasteiger partial charge on any atom is -0.495 e. The number of nitrogens with zero attached hydrogens (tertiary/aromatic N) is 2. The number of hydrogen-bond acceptors (Lipinski definition) is 5. The van der Waals surface area contributed by atoms with Crippen LogP contribution in [0.2, 0.25) is 0 Å². The van der Waals surface area contributed by atoms with Crippen LogP contribution in [0.5, 0.6) is 5.75 Å². The molecule has 1 N–H and O–H groups in total. The summed E-state index contributed by atoms with van der Waals surface area (Å²) in [6.07, 6.45) is 0. The number of halogens is 2. The van der Waals surface area contributed by atoms with E-state index in [0.717, 1.165) is 43.9 Å². The van der Waals surface area contributed by atoms with Gasteiger partial charge in [-0.2, -0.15) is 0 Å². The summed E-state index contributed by atoms with van der Waals surface area (Å²) in [4.78, 5) is 4.11. The SMILES string of the molecule is COc1ccc(F)cc1S(=O)(=O)NCC(c1ccc(F)cc1)N1CCN(C)CC1. The van der Waals surface area contributed by atoms with Gasteiger partial charge in [0.1, 0.15) is 22.3 Å². The van der Waals surface area contributed by atoms with E-state index >= 15 is 0 Å². The predicted octanol–water partition coefficient (Wildman–Crippen LogP) is 2.24. The summed E-state index contributed by atoms with van der Waals surface area (Å²) in [7, 11) is -0.650.